The van der Waals surface area contributed by atoms with Gasteiger partial charge in [0, 0.05) is 6.66 Å². The molecule has 2 aromatic rings. The van der Waals surface area contributed by atoms with Gasteiger partial charge in [-0.2, -0.15) is 4.98 Å². The number of nitrogen functional groups attached to an aromatic ring is 1. The van der Waals surface area contributed by atoms with Gasteiger partial charge < -0.3 is 15.2 Å². The second kappa shape index (κ2) is 4.88. The number of hydrogen-bond donors (Lipinski definition) is 3. The maximum absolute atomic E-state index is 11.7. The van der Waals surface area contributed by atoms with Crippen molar-refractivity contribution in [1.29, 1.82) is 0 Å². The van der Waals surface area contributed by atoms with E-state index in [2.05, 4.69) is 19.6 Å². The van der Waals surface area contributed by atoms with E-state index in [4.69, 9.17) is 10.6 Å². The van der Waals surface area contributed by atoms with Crippen molar-refractivity contribution in [1.82, 2.24) is 19.5 Å². The van der Waals surface area contributed by atoms with E-state index in [1.165, 1.54) is 6.33 Å². The van der Waals surface area contributed by atoms with Gasteiger partial charge in [-0.15, -0.1) is 4.67 Å². The molecule has 1 aliphatic carbocycles. The molecule has 0 saturated heterocycles. The molecule has 4 N–H and O–H groups in total. The number of aromatic amines is 1. The molecule has 0 spiro atoms. The minimum absolute atomic E-state index is 0.0114. The maximum atomic E-state index is 11.7. The largest absolute Gasteiger partial charge is 0.369 e. The highest BCUT2D eigenvalue weighted by Crippen LogP contribution is 2.51. The Labute approximate surface area is 124 Å². The number of rotatable bonds is 5. The van der Waals surface area contributed by atoms with E-state index in [1.54, 1.807) is 4.57 Å². The fraction of sp³-hybridized carbons (Fsp3) is 0.545. The number of hydrogen-bond acceptors (Lipinski definition) is 7. The van der Waals surface area contributed by atoms with Gasteiger partial charge in [0.05, 0.1) is 12.9 Å². The van der Waals surface area contributed by atoms with E-state index in [-0.39, 0.29) is 23.9 Å². The van der Waals surface area contributed by atoms with Crippen molar-refractivity contribution < 1.29 is 19.0 Å². The molecule has 3 atom stereocenters. The van der Waals surface area contributed by atoms with Crippen molar-refractivity contribution in [2.75, 3.05) is 12.4 Å². The van der Waals surface area contributed by atoms with Crippen LogP contribution >= 0.6 is 7.60 Å². The van der Waals surface area contributed by atoms with Gasteiger partial charge in [0.15, 0.2) is 11.2 Å². The Morgan fingerprint density at radius 3 is 2.95 bits per heavy atom. The lowest BCUT2D eigenvalue weighted by Crippen LogP contribution is -2.24. The number of nitrogens with zero attached hydrogens (tertiary/aromatic N) is 3. The van der Waals surface area contributed by atoms with Gasteiger partial charge in [-0.1, -0.05) is 6.92 Å². The number of fused-ring (bicyclic) bond motifs is 1. The van der Waals surface area contributed by atoms with Gasteiger partial charge in [-0.25, -0.2) is 9.87 Å². The normalized spacial score (nSPS) is 27.0. The summed E-state index contributed by atoms with van der Waals surface area (Å²) in [4.78, 5) is 36.6. The van der Waals surface area contributed by atoms with Crippen LogP contribution in [0, 0.1) is 5.92 Å². The van der Waals surface area contributed by atoms with Crippen molar-refractivity contribution in [3.63, 3.8) is 0 Å². The molecule has 1 saturated carbocycles. The van der Waals surface area contributed by atoms with Gasteiger partial charge >= 0.3 is 7.60 Å². The van der Waals surface area contributed by atoms with Crippen LogP contribution in [0.1, 0.15) is 13.3 Å². The lowest BCUT2D eigenvalue weighted by atomic mass is 10.3. The van der Waals surface area contributed by atoms with Crippen molar-refractivity contribution >= 4 is 24.7 Å². The standard InChI is InChI=1S/C11H16N5O5P/c1-6-3-11(6,20-21-22(2,18)19)4-16-5-13-7-8(16)14-10(12)15-9(7)17/h5-6H,3-4H2,1-2H3,(H,18,19)(H3,12,14,15,17). The van der Waals surface area contributed by atoms with E-state index in [1.807, 2.05) is 6.92 Å². The van der Waals surface area contributed by atoms with Crippen molar-refractivity contribution in [3.05, 3.63) is 16.7 Å². The summed E-state index contributed by atoms with van der Waals surface area (Å²) >= 11 is 0. The first-order valence-electron chi connectivity index (χ1n) is 6.58. The Morgan fingerprint density at radius 2 is 2.36 bits per heavy atom. The first kappa shape index (κ1) is 15.2. The van der Waals surface area contributed by atoms with Crippen molar-refractivity contribution in [2.45, 2.75) is 25.5 Å². The van der Waals surface area contributed by atoms with Crippen molar-refractivity contribution in [3.8, 4) is 0 Å². The third kappa shape index (κ3) is 2.78. The van der Waals surface area contributed by atoms with E-state index >= 15 is 0 Å². The van der Waals surface area contributed by atoms with Crippen LogP contribution in [0.25, 0.3) is 11.2 Å². The summed E-state index contributed by atoms with van der Waals surface area (Å²) in [6, 6.07) is 0. The lowest BCUT2D eigenvalue weighted by molar-refractivity contribution is -0.269. The Balaban J connectivity index is 1.89. The Morgan fingerprint density at radius 1 is 1.68 bits per heavy atom. The van der Waals surface area contributed by atoms with Gasteiger partial charge in [0.25, 0.3) is 5.56 Å². The van der Waals surface area contributed by atoms with Crippen LogP contribution in [0.15, 0.2) is 11.1 Å². The van der Waals surface area contributed by atoms with Crippen LogP contribution in [0.2, 0.25) is 0 Å². The first-order valence-corrected chi connectivity index (χ1v) is 8.61. The zero-order valence-corrected chi connectivity index (χ0v) is 12.9. The van der Waals surface area contributed by atoms with E-state index in [9.17, 15) is 14.3 Å². The summed E-state index contributed by atoms with van der Waals surface area (Å²) in [5.74, 6) is 0.110. The molecular weight excluding hydrogens is 313 g/mol. The molecule has 120 valence electrons. The lowest BCUT2D eigenvalue weighted by Gasteiger charge is -2.18. The molecule has 1 fully saturated rings. The Hall–Kier alpha value is -1.74. The number of H-pyrrole nitrogens is 1. The summed E-state index contributed by atoms with van der Waals surface area (Å²) in [5.41, 5.74) is 4.86. The molecule has 0 radical (unpaired) electrons. The predicted octanol–water partition coefficient (Wildman–Crippen LogP) is 0.244. The van der Waals surface area contributed by atoms with Gasteiger partial charge in [0.2, 0.25) is 5.95 Å². The van der Waals surface area contributed by atoms with Crippen molar-refractivity contribution in [2.24, 2.45) is 5.92 Å². The summed E-state index contributed by atoms with van der Waals surface area (Å²) < 4.78 is 17.4. The van der Waals surface area contributed by atoms with Crippen LogP contribution in [-0.2, 0) is 20.7 Å². The summed E-state index contributed by atoms with van der Waals surface area (Å²) in [5, 5.41) is 0. The van der Waals surface area contributed by atoms with Crippen LogP contribution in [-0.4, -0.2) is 36.7 Å². The monoisotopic (exact) mass is 329 g/mol. The third-order valence-electron chi connectivity index (χ3n) is 3.66. The van der Waals surface area contributed by atoms with Crippen LogP contribution in [0.4, 0.5) is 5.95 Å². The molecule has 0 aliphatic heterocycles. The van der Waals surface area contributed by atoms with Gasteiger partial charge in [-0.05, 0) is 12.3 Å². The van der Waals surface area contributed by atoms with Crippen LogP contribution < -0.4 is 11.3 Å². The second-order valence-electron chi connectivity index (χ2n) is 5.63. The smallest absolute Gasteiger partial charge is 0.352 e. The average Bonchev–Trinajstić information content (AvgIpc) is 2.83. The molecule has 0 bridgehead atoms. The molecule has 10 nitrogen and oxygen atoms in total. The molecule has 0 aromatic carbocycles. The molecule has 2 aromatic heterocycles. The molecular formula is C11H16N5O5P. The molecule has 11 heteroatoms. The van der Waals surface area contributed by atoms with E-state index in [0.29, 0.717) is 12.1 Å². The number of nitrogens with one attached hydrogen (secondary N) is 1. The highest BCUT2D eigenvalue weighted by molar-refractivity contribution is 7.51. The van der Waals surface area contributed by atoms with Gasteiger partial charge in [0.1, 0.15) is 5.60 Å². The van der Waals surface area contributed by atoms with Crippen LogP contribution in [0.3, 0.4) is 0 Å². The molecule has 3 rings (SSSR count). The molecule has 3 unspecified atom stereocenters. The summed E-state index contributed by atoms with van der Waals surface area (Å²) in [6.45, 7) is 3.25. The fourth-order valence-electron chi connectivity index (χ4n) is 2.34. The maximum Gasteiger partial charge on any atom is 0.352 e. The predicted molar refractivity (Wildman–Crippen MR) is 77.0 cm³/mol. The van der Waals surface area contributed by atoms with Gasteiger partial charge in [-0.3, -0.25) is 14.3 Å². The highest BCUT2D eigenvalue weighted by Gasteiger charge is 2.55. The molecule has 0 amide bonds. The molecule has 1 aliphatic rings. The summed E-state index contributed by atoms with van der Waals surface area (Å²) in [6.07, 6.45) is 2.10. The molecule has 2 heterocycles. The average molecular weight is 329 g/mol. The SMILES string of the molecule is CC1CC1(Cn1cnc2c(=O)[nH]c(N)nc21)OOP(C)(=O)O. The van der Waals surface area contributed by atoms with E-state index < -0.39 is 18.8 Å². The third-order valence-corrected chi connectivity index (χ3v) is 4.01. The Kier molecular flexibility index (Phi) is 3.37. The zero-order chi connectivity index (χ0) is 16.1. The minimum atomic E-state index is -3.74. The second-order valence-corrected chi connectivity index (χ2v) is 7.38. The van der Waals surface area contributed by atoms with E-state index in [0.717, 1.165) is 6.66 Å². The number of aromatic nitrogens is 4. The first-order chi connectivity index (χ1) is 10.2. The minimum Gasteiger partial charge on any atom is -0.369 e. The summed E-state index contributed by atoms with van der Waals surface area (Å²) in [7, 11) is -3.74. The van der Waals surface area contributed by atoms with Crippen LogP contribution in [0.5, 0.6) is 0 Å². The topological polar surface area (TPSA) is 145 Å². The number of imidazole rings is 1. The Bertz CT molecular complexity index is 826. The number of anilines is 1. The fourth-order valence-corrected chi connectivity index (χ4v) is 2.63. The highest BCUT2D eigenvalue weighted by atomic mass is 31.2. The molecule has 22 heavy (non-hydrogen) atoms. The quantitative estimate of drug-likeness (QED) is 0.402. The number of nitrogens with two attached hydrogens (primary N) is 1. The zero-order valence-electron chi connectivity index (χ0n) is 12.0.